The van der Waals surface area contributed by atoms with Crippen molar-refractivity contribution in [3.8, 4) is 0 Å². The first kappa shape index (κ1) is 10.5. The predicted molar refractivity (Wildman–Crippen MR) is 52.6 cm³/mol. The first-order valence-electron chi connectivity index (χ1n) is 5.16. The van der Waals surface area contributed by atoms with Gasteiger partial charge in [0.25, 0.3) is 5.92 Å². The SMILES string of the molecule is C[C@@H]1CCN(Cc2ncc[nH]2)CC1(F)F. The number of nitrogens with zero attached hydrogens (tertiary/aromatic N) is 2. The molecule has 1 aliphatic rings. The second-order valence-electron chi connectivity index (χ2n) is 4.20. The number of rotatable bonds is 2. The second kappa shape index (κ2) is 3.89. The summed E-state index contributed by atoms with van der Waals surface area (Å²) in [5, 5.41) is 0. The standard InChI is InChI=1S/C10H15F2N3/c1-8-2-5-15(7-10(8,11)12)6-9-13-3-4-14-9/h3-4,8H,2,5-7H2,1H3,(H,13,14)/t8-/m1/s1. The zero-order valence-corrected chi connectivity index (χ0v) is 8.71. The summed E-state index contributed by atoms with van der Waals surface area (Å²) in [5.74, 6) is -2.32. The van der Waals surface area contributed by atoms with Gasteiger partial charge in [0.05, 0.1) is 13.1 Å². The largest absolute Gasteiger partial charge is 0.348 e. The van der Waals surface area contributed by atoms with Crippen molar-refractivity contribution in [3.05, 3.63) is 18.2 Å². The number of nitrogens with one attached hydrogen (secondary N) is 1. The van der Waals surface area contributed by atoms with E-state index in [1.54, 1.807) is 24.2 Å². The van der Waals surface area contributed by atoms with Gasteiger partial charge in [0.2, 0.25) is 0 Å². The van der Waals surface area contributed by atoms with Gasteiger partial charge >= 0.3 is 0 Å². The van der Waals surface area contributed by atoms with E-state index in [2.05, 4.69) is 9.97 Å². The minimum atomic E-state index is -2.56. The van der Waals surface area contributed by atoms with E-state index in [9.17, 15) is 8.78 Å². The van der Waals surface area contributed by atoms with Crippen molar-refractivity contribution in [1.82, 2.24) is 14.9 Å². The fraction of sp³-hybridized carbons (Fsp3) is 0.700. The highest BCUT2D eigenvalue weighted by atomic mass is 19.3. The van der Waals surface area contributed by atoms with Gasteiger partial charge in [-0.1, -0.05) is 6.92 Å². The minimum Gasteiger partial charge on any atom is -0.348 e. The molecule has 84 valence electrons. The van der Waals surface area contributed by atoms with Crippen LogP contribution >= 0.6 is 0 Å². The number of likely N-dealkylation sites (tertiary alicyclic amines) is 1. The third-order valence-corrected chi connectivity index (χ3v) is 2.96. The van der Waals surface area contributed by atoms with Crippen LogP contribution in [0.5, 0.6) is 0 Å². The van der Waals surface area contributed by atoms with Crippen LogP contribution in [0.3, 0.4) is 0 Å². The molecule has 1 fully saturated rings. The Morgan fingerprint density at radius 1 is 1.67 bits per heavy atom. The van der Waals surface area contributed by atoms with Gasteiger partial charge in [-0.15, -0.1) is 0 Å². The number of hydrogen-bond acceptors (Lipinski definition) is 2. The Morgan fingerprint density at radius 2 is 2.47 bits per heavy atom. The number of aromatic nitrogens is 2. The highest BCUT2D eigenvalue weighted by Crippen LogP contribution is 2.32. The summed E-state index contributed by atoms with van der Waals surface area (Å²) in [4.78, 5) is 8.71. The minimum absolute atomic E-state index is 0.158. The van der Waals surface area contributed by atoms with Crippen molar-refractivity contribution >= 4 is 0 Å². The van der Waals surface area contributed by atoms with Gasteiger partial charge in [-0.25, -0.2) is 13.8 Å². The summed E-state index contributed by atoms with van der Waals surface area (Å²) in [5.41, 5.74) is 0. The van der Waals surface area contributed by atoms with Crippen LogP contribution in [0.25, 0.3) is 0 Å². The summed E-state index contributed by atoms with van der Waals surface area (Å²) >= 11 is 0. The van der Waals surface area contributed by atoms with Crippen LogP contribution in [0.4, 0.5) is 8.78 Å². The van der Waals surface area contributed by atoms with Crippen LogP contribution < -0.4 is 0 Å². The number of aromatic amines is 1. The van der Waals surface area contributed by atoms with Gasteiger partial charge in [0.1, 0.15) is 5.82 Å². The van der Waals surface area contributed by atoms with Crippen molar-refractivity contribution in [2.75, 3.05) is 13.1 Å². The Kier molecular flexibility index (Phi) is 2.73. The lowest BCUT2D eigenvalue weighted by Crippen LogP contribution is -2.47. The zero-order valence-electron chi connectivity index (χ0n) is 8.71. The van der Waals surface area contributed by atoms with Crippen LogP contribution in [0.15, 0.2) is 12.4 Å². The molecular formula is C10H15F2N3. The van der Waals surface area contributed by atoms with Crippen molar-refractivity contribution in [3.63, 3.8) is 0 Å². The molecule has 3 nitrogen and oxygen atoms in total. The van der Waals surface area contributed by atoms with Crippen LogP contribution in [-0.2, 0) is 6.54 Å². The molecular weight excluding hydrogens is 200 g/mol. The maximum Gasteiger partial charge on any atom is 0.263 e. The molecule has 1 aromatic rings. The van der Waals surface area contributed by atoms with Crippen molar-refractivity contribution in [2.24, 2.45) is 5.92 Å². The van der Waals surface area contributed by atoms with Gasteiger partial charge < -0.3 is 4.98 Å². The Bertz CT molecular complexity index is 310. The number of piperidine rings is 1. The number of hydrogen-bond donors (Lipinski definition) is 1. The summed E-state index contributed by atoms with van der Waals surface area (Å²) in [6, 6.07) is 0. The Hall–Kier alpha value is -0.970. The summed E-state index contributed by atoms with van der Waals surface area (Å²) in [7, 11) is 0. The molecule has 0 bridgehead atoms. The van der Waals surface area contributed by atoms with Crippen LogP contribution in [-0.4, -0.2) is 33.9 Å². The molecule has 1 aliphatic heterocycles. The number of H-pyrrole nitrogens is 1. The first-order valence-corrected chi connectivity index (χ1v) is 5.16. The van der Waals surface area contributed by atoms with E-state index in [0.717, 1.165) is 12.4 Å². The zero-order chi connectivity index (χ0) is 10.9. The average molecular weight is 215 g/mol. The average Bonchev–Trinajstić information content (AvgIpc) is 2.63. The molecule has 1 atom stereocenters. The quantitative estimate of drug-likeness (QED) is 0.817. The fourth-order valence-electron chi connectivity index (χ4n) is 1.85. The second-order valence-corrected chi connectivity index (χ2v) is 4.20. The Morgan fingerprint density at radius 3 is 3.07 bits per heavy atom. The number of halogens is 2. The van der Waals surface area contributed by atoms with Crippen molar-refractivity contribution < 1.29 is 8.78 Å². The maximum atomic E-state index is 13.4. The van der Waals surface area contributed by atoms with Crippen LogP contribution in [0.2, 0.25) is 0 Å². The number of imidazole rings is 1. The first-order chi connectivity index (χ1) is 7.08. The third-order valence-electron chi connectivity index (χ3n) is 2.96. The van der Waals surface area contributed by atoms with E-state index in [0.29, 0.717) is 13.0 Å². The molecule has 0 unspecified atom stereocenters. The highest BCUT2D eigenvalue weighted by molar-refractivity contribution is 4.90. The molecule has 0 radical (unpaired) electrons. The molecule has 0 aliphatic carbocycles. The van der Waals surface area contributed by atoms with Gasteiger partial charge in [-0.3, -0.25) is 4.90 Å². The summed E-state index contributed by atoms with van der Waals surface area (Å²) in [6.45, 7) is 2.66. The van der Waals surface area contributed by atoms with Crippen molar-refractivity contribution in [2.45, 2.75) is 25.8 Å². The fourth-order valence-corrected chi connectivity index (χ4v) is 1.85. The van der Waals surface area contributed by atoms with E-state index >= 15 is 0 Å². The van der Waals surface area contributed by atoms with E-state index in [4.69, 9.17) is 0 Å². The molecule has 0 saturated carbocycles. The monoisotopic (exact) mass is 215 g/mol. The highest BCUT2D eigenvalue weighted by Gasteiger charge is 2.41. The van der Waals surface area contributed by atoms with Crippen LogP contribution in [0.1, 0.15) is 19.2 Å². The normalized spacial score (nSPS) is 26.7. The summed E-state index contributed by atoms with van der Waals surface area (Å²) < 4.78 is 26.8. The molecule has 15 heavy (non-hydrogen) atoms. The summed E-state index contributed by atoms with van der Waals surface area (Å²) in [6.07, 6.45) is 3.90. The van der Waals surface area contributed by atoms with E-state index < -0.39 is 11.8 Å². The topological polar surface area (TPSA) is 31.9 Å². The van der Waals surface area contributed by atoms with E-state index in [-0.39, 0.29) is 6.54 Å². The van der Waals surface area contributed by atoms with Crippen molar-refractivity contribution in [1.29, 1.82) is 0 Å². The molecule has 0 amide bonds. The maximum absolute atomic E-state index is 13.4. The lowest BCUT2D eigenvalue weighted by molar-refractivity contribution is -0.106. The Balaban J connectivity index is 1.95. The molecule has 1 N–H and O–H groups in total. The number of alkyl halides is 2. The van der Waals surface area contributed by atoms with Gasteiger partial charge in [-0.05, 0) is 13.0 Å². The molecule has 2 rings (SSSR count). The lowest BCUT2D eigenvalue weighted by atomic mass is 9.95. The van der Waals surface area contributed by atoms with E-state index in [1.807, 2.05) is 0 Å². The Labute approximate surface area is 87.5 Å². The molecule has 0 spiro atoms. The third kappa shape index (κ3) is 2.34. The molecule has 0 aromatic carbocycles. The van der Waals surface area contributed by atoms with Gasteiger partial charge in [0.15, 0.2) is 0 Å². The molecule has 2 heterocycles. The lowest BCUT2D eigenvalue weighted by Gasteiger charge is -2.36. The van der Waals surface area contributed by atoms with E-state index in [1.165, 1.54) is 0 Å². The molecule has 1 saturated heterocycles. The van der Waals surface area contributed by atoms with Gasteiger partial charge in [-0.2, -0.15) is 0 Å². The van der Waals surface area contributed by atoms with Crippen LogP contribution in [0, 0.1) is 5.92 Å². The smallest absolute Gasteiger partial charge is 0.263 e. The van der Waals surface area contributed by atoms with Gasteiger partial charge in [0, 0.05) is 18.3 Å². The molecule has 5 heteroatoms. The molecule has 1 aromatic heterocycles. The predicted octanol–water partition coefficient (Wildman–Crippen LogP) is 1.89.